The molecule has 6 atom stereocenters. The zero-order valence-corrected chi connectivity index (χ0v) is 24.2. The molecule has 1 saturated carbocycles. The van der Waals surface area contributed by atoms with E-state index in [9.17, 15) is 28.7 Å². The molecule has 6 unspecified atom stereocenters. The summed E-state index contributed by atoms with van der Waals surface area (Å²) in [4.78, 5) is 55.4. The molecule has 3 aromatic rings. The van der Waals surface area contributed by atoms with Crippen molar-refractivity contribution >= 4 is 40.9 Å². The van der Waals surface area contributed by atoms with Crippen LogP contribution in [0, 0.1) is 29.5 Å². The van der Waals surface area contributed by atoms with Crippen LogP contribution >= 0.6 is 11.6 Å². The van der Waals surface area contributed by atoms with Gasteiger partial charge >= 0.3 is 0 Å². The number of hydrazine groups is 1. The van der Waals surface area contributed by atoms with Crippen molar-refractivity contribution in [3.05, 3.63) is 100 Å². The summed E-state index contributed by atoms with van der Waals surface area (Å²) in [5, 5.41) is 15.2. The Hall–Kier alpha value is -4.70. The van der Waals surface area contributed by atoms with E-state index in [4.69, 9.17) is 16.3 Å². The van der Waals surface area contributed by atoms with Crippen LogP contribution in [-0.4, -0.2) is 40.9 Å². The van der Waals surface area contributed by atoms with Gasteiger partial charge in [0.1, 0.15) is 17.3 Å². The van der Waals surface area contributed by atoms with E-state index in [0.29, 0.717) is 33.2 Å². The number of nitrogens with zero attached hydrogens (tertiary/aromatic N) is 1. The first kappa shape index (κ1) is 28.1. The van der Waals surface area contributed by atoms with Gasteiger partial charge in [-0.15, -0.1) is 0 Å². The summed E-state index contributed by atoms with van der Waals surface area (Å²) in [6.07, 6.45) is 2.22. The zero-order chi connectivity index (χ0) is 30.9. The number of imide groups is 2. The highest BCUT2D eigenvalue weighted by atomic mass is 35.5. The number of hydrogen-bond donors (Lipinski definition) is 3. The van der Waals surface area contributed by atoms with Crippen LogP contribution in [0.4, 0.5) is 10.1 Å². The van der Waals surface area contributed by atoms with Crippen LogP contribution in [0.25, 0.3) is 0 Å². The van der Waals surface area contributed by atoms with Crippen LogP contribution in [-0.2, 0) is 24.6 Å². The largest absolute Gasteiger partial charge is 0.508 e. The number of aromatic hydroxyl groups is 1. The van der Waals surface area contributed by atoms with Gasteiger partial charge < -0.3 is 9.84 Å². The minimum Gasteiger partial charge on any atom is -0.508 e. The van der Waals surface area contributed by atoms with Crippen LogP contribution in [0.15, 0.2) is 78.4 Å². The fraction of sp³-hybridized carbons (Fsp3) is 0.273. The van der Waals surface area contributed by atoms with Crippen LogP contribution in [0.1, 0.15) is 29.9 Å². The Morgan fingerprint density at radius 3 is 2.43 bits per heavy atom. The molecule has 0 bridgehead atoms. The molecule has 224 valence electrons. The lowest BCUT2D eigenvalue weighted by Gasteiger charge is -2.50. The number of anilines is 1. The van der Waals surface area contributed by atoms with Gasteiger partial charge in [0.05, 0.1) is 36.0 Å². The number of nitrogens with one attached hydrogen (secondary N) is 2. The van der Waals surface area contributed by atoms with Crippen LogP contribution in [0.2, 0.25) is 5.02 Å². The van der Waals surface area contributed by atoms with Gasteiger partial charge in [-0.05, 0) is 72.9 Å². The quantitative estimate of drug-likeness (QED) is 0.286. The molecular formula is C33H27ClFN3O6. The standard InChI is InChI=1S/C33H27ClFN3O6/c1-44-25-4-2-3-24(39)27(25)28-20-13-14-21-26(30(41)36-29(21)40)22(20)15-23-31(42)38(37-19-11-9-18(35)10-12-19)32(43)33(23,28)16-5-7-17(34)8-6-16/h2-13,21-23,26,28,37,39H,14-15H2,1H3,(H,36,40,41). The smallest absolute Gasteiger partial charge is 0.260 e. The second-order valence-electron chi connectivity index (χ2n) is 11.6. The molecule has 44 heavy (non-hydrogen) atoms. The number of ether oxygens (including phenoxy) is 1. The molecule has 2 saturated heterocycles. The molecule has 9 nitrogen and oxygen atoms in total. The molecule has 3 aromatic carbocycles. The number of carbonyl (C=O) groups excluding carboxylic acids is 4. The molecule has 3 fully saturated rings. The number of allylic oxidation sites excluding steroid dienone is 2. The average Bonchev–Trinajstić information content (AvgIpc) is 3.42. The highest BCUT2D eigenvalue weighted by Crippen LogP contribution is 2.65. The summed E-state index contributed by atoms with van der Waals surface area (Å²) in [6, 6.07) is 16.7. The molecule has 4 amide bonds. The van der Waals surface area contributed by atoms with E-state index in [2.05, 4.69) is 10.7 Å². The summed E-state index contributed by atoms with van der Waals surface area (Å²) in [6.45, 7) is 0. The van der Waals surface area contributed by atoms with Crippen LogP contribution in [0.3, 0.4) is 0 Å². The maximum absolute atomic E-state index is 15.0. The van der Waals surface area contributed by atoms with E-state index in [-0.39, 0.29) is 24.5 Å². The number of methoxy groups -OCH3 is 1. The predicted molar refractivity (Wildman–Crippen MR) is 157 cm³/mol. The molecular weight excluding hydrogens is 589 g/mol. The lowest BCUT2D eigenvalue weighted by Crippen LogP contribution is -2.53. The van der Waals surface area contributed by atoms with E-state index >= 15 is 0 Å². The summed E-state index contributed by atoms with van der Waals surface area (Å²) < 4.78 is 19.4. The third-order valence-electron chi connectivity index (χ3n) is 9.65. The fourth-order valence-electron chi connectivity index (χ4n) is 7.88. The lowest BCUT2D eigenvalue weighted by atomic mass is 9.49. The second kappa shape index (κ2) is 10.2. The first-order chi connectivity index (χ1) is 21.2. The molecule has 7 rings (SSSR count). The molecule has 2 aliphatic carbocycles. The Labute approximate surface area is 256 Å². The van der Waals surface area contributed by atoms with Crippen molar-refractivity contribution in [2.75, 3.05) is 12.5 Å². The fourth-order valence-corrected chi connectivity index (χ4v) is 8.01. The van der Waals surface area contributed by atoms with E-state index < -0.39 is 58.5 Å². The van der Waals surface area contributed by atoms with Crippen molar-refractivity contribution in [2.24, 2.45) is 23.7 Å². The lowest BCUT2D eigenvalue weighted by molar-refractivity contribution is -0.138. The number of hydrogen-bond acceptors (Lipinski definition) is 7. The molecule has 3 N–H and O–H groups in total. The Balaban J connectivity index is 1.51. The molecule has 0 radical (unpaired) electrons. The Kier molecular flexibility index (Phi) is 6.51. The number of halogens is 2. The monoisotopic (exact) mass is 615 g/mol. The van der Waals surface area contributed by atoms with Crippen molar-refractivity contribution in [2.45, 2.75) is 24.2 Å². The molecule has 2 heterocycles. The number of phenols is 1. The normalized spacial score (nSPS) is 29.0. The van der Waals surface area contributed by atoms with Gasteiger partial charge in [-0.3, -0.25) is 29.9 Å². The third kappa shape index (κ3) is 3.90. The minimum absolute atomic E-state index is 0.0922. The van der Waals surface area contributed by atoms with Crippen LogP contribution < -0.4 is 15.5 Å². The van der Waals surface area contributed by atoms with Gasteiger partial charge in [-0.2, -0.15) is 5.01 Å². The van der Waals surface area contributed by atoms with Crippen molar-refractivity contribution < 1.29 is 33.4 Å². The maximum atomic E-state index is 15.0. The van der Waals surface area contributed by atoms with Crippen molar-refractivity contribution in [3.63, 3.8) is 0 Å². The summed E-state index contributed by atoms with van der Waals surface area (Å²) >= 11 is 6.28. The van der Waals surface area contributed by atoms with Crippen molar-refractivity contribution in [1.29, 1.82) is 0 Å². The summed E-state index contributed by atoms with van der Waals surface area (Å²) in [5.41, 5.74) is 3.03. The number of rotatable bonds is 5. The third-order valence-corrected chi connectivity index (χ3v) is 9.90. The highest BCUT2D eigenvalue weighted by molar-refractivity contribution is 6.30. The van der Waals surface area contributed by atoms with Crippen molar-refractivity contribution in [1.82, 2.24) is 10.3 Å². The number of phenolic OH excluding ortho intramolecular Hbond substituents is 1. The van der Waals surface area contributed by atoms with Gasteiger partial charge in [-0.25, -0.2) is 4.39 Å². The molecule has 0 aromatic heterocycles. The van der Waals surface area contributed by atoms with E-state index in [1.54, 1.807) is 36.4 Å². The van der Waals surface area contributed by atoms with Crippen molar-refractivity contribution in [3.8, 4) is 11.5 Å². The van der Waals surface area contributed by atoms with Gasteiger partial charge in [0.25, 0.3) is 11.8 Å². The first-order valence-corrected chi connectivity index (χ1v) is 14.6. The van der Waals surface area contributed by atoms with Gasteiger partial charge in [0.2, 0.25) is 11.8 Å². The van der Waals surface area contributed by atoms with E-state index in [0.717, 1.165) is 5.01 Å². The predicted octanol–water partition coefficient (Wildman–Crippen LogP) is 4.47. The van der Waals surface area contributed by atoms with Gasteiger partial charge in [0.15, 0.2) is 0 Å². The molecule has 0 spiro atoms. The summed E-state index contributed by atoms with van der Waals surface area (Å²) in [5.74, 6) is -6.20. The number of benzene rings is 3. The zero-order valence-electron chi connectivity index (χ0n) is 23.4. The SMILES string of the molecule is COc1cccc(O)c1C1C2=CCC3C(=O)NC(=O)C3C2CC2C(=O)N(Nc3ccc(F)cc3)C(=O)C21c1ccc(Cl)cc1. The Bertz CT molecular complexity index is 1760. The van der Waals surface area contributed by atoms with E-state index in [1.165, 1.54) is 37.4 Å². The van der Waals surface area contributed by atoms with Crippen LogP contribution in [0.5, 0.6) is 11.5 Å². The number of amides is 4. The Morgan fingerprint density at radius 1 is 1.00 bits per heavy atom. The summed E-state index contributed by atoms with van der Waals surface area (Å²) in [7, 11) is 1.45. The van der Waals surface area contributed by atoms with E-state index in [1.807, 2.05) is 6.08 Å². The molecule has 2 aliphatic heterocycles. The Morgan fingerprint density at radius 2 is 1.73 bits per heavy atom. The average molecular weight is 616 g/mol. The number of carbonyl (C=O) groups is 4. The first-order valence-electron chi connectivity index (χ1n) is 14.2. The maximum Gasteiger partial charge on any atom is 0.260 e. The van der Waals surface area contributed by atoms with Gasteiger partial charge in [-0.1, -0.05) is 41.4 Å². The topological polar surface area (TPSA) is 125 Å². The second-order valence-corrected chi connectivity index (χ2v) is 12.1. The molecule has 11 heteroatoms. The highest BCUT2D eigenvalue weighted by Gasteiger charge is 2.70. The molecule has 4 aliphatic rings. The number of fused-ring (bicyclic) bond motifs is 4. The van der Waals surface area contributed by atoms with Gasteiger partial charge in [0, 0.05) is 16.5 Å². The minimum atomic E-state index is -1.62.